The standard InChI is InChI=1S/C18H31N3O3S.ClH/c1-6-18(7-2,12-19)21-16(22)8-9-20-25(23,24)17-14(4)10-13(3)11-15(17)5;/h10-11,20H,6-9,12,19H2,1-5H3,(H,21,22);1H. The van der Waals surface area contributed by atoms with Crippen LogP contribution >= 0.6 is 12.4 Å². The molecule has 0 unspecified atom stereocenters. The number of nitrogens with one attached hydrogen (secondary N) is 2. The summed E-state index contributed by atoms with van der Waals surface area (Å²) < 4.78 is 27.6. The van der Waals surface area contributed by atoms with Gasteiger partial charge < -0.3 is 11.1 Å². The smallest absolute Gasteiger partial charge is 0.241 e. The van der Waals surface area contributed by atoms with E-state index in [-0.39, 0.29) is 36.2 Å². The third-order valence-electron chi connectivity index (χ3n) is 4.67. The molecule has 0 saturated heterocycles. The Bertz CT molecular complexity index is 685. The van der Waals surface area contributed by atoms with Gasteiger partial charge in [0.05, 0.1) is 10.4 Å². The van der Waals surface area contributed by atoms with Crippen LogP contribution < -0.4 is 15.8 Å². The second kappa shape index (κ2) is 10.3. The first-order valence-corrected chi connectivity index (χ1v) is 10.2. The van der Waals surface area contributed by atoms with Crippen LogP contribution in [-0.2, 0) is 14.8 Å². The van der Waals surface area contributed by atoms with Crippen LogP contribution in [0.4, 0.5) is 0 Å². The highest BCUT2D eigenvalue weighted by Gasteiger charge is 2.26. The molecule has 0 aromatic heterocycles. The van der Waals surface area contributed by atoms with Gasteiger partial charge in [-0.15, -0.1) is 12.4 Å². The second-order valence-corrected chi connectivity index (χ2v) is 8.32. The van der Waals surface area contributed by atoms with E-state index in [1.807, 2.05) is 32.9 Å². The lowest BCUT2D eigenvalue weighted by Gasteiger charge is -2.31. The Hall–Kier alpha value is -1.15. The molecule has 0 radical (unpaired) electrons. The van der Waals surface area contributed by atoms with Crippen molar-refractivity contribution in [1.82, 2.24) is 10.0 Å². The van der Waals surface area contributed by atoms with Crippen LogP contribution in [0.1, 0.15) is 49.8 Å². The van der Waals surface area contributed by atoms with E-state index in [1.165, 1.54) is 0 Å². The third kappa shape index (κ3) is 6.23. The zero-order valence-electron chi connectivity index (χ0n) is 16.3. The van der Waals surface area contributed by atoms with E-state index < -0.39 is 15.6 Å². The maximum atomic E-state index is 12.6. The molecular formula is C18H32ClN3O3S. The predicted molar refractivity (Wildman–Crippen MR) is 108 cm³/mol. The van der Waals surface area contributed by atoms with E-state index in [0.717, 1.165) is 18.4 Å². The van der Waals surface area contributed by atoms with Gasteiger partial charge in [0.1, 0.15) is 0 Å². The maximum Gasteiger partial charge on any atom is 0.241 e. The first-order chi connectivity index (χ1) is 11.6. The molecule has 4 N–H and O–H groups in total. The maximum absolute atomic E-state index is 12.6. The minimum atomic E-state index is -3.65. The fraction of sp³-hybridized carbons (Fsp3) is 0.611. The fourth-order valence-electron chi connectivity index (χ4n) is 3.09. The van der Waals surface area contributed by atoms with E-state index in [4.69, 9.17) is 5.73 Å². The number of nitrogens with two attached hydrogens (primary N) is 1. The van der Waals surface area contributed by atoms with Crippen LogP contribution in [0.15, 0.2) is 17.0 Å². The molecule has 0 saturated carbocycles. The Balaban J connectivity index is 0.00000625. The van der Waals surface area contributed by atoms with Crippen molar-refractivity contribution < 1.29 is 13.2 Å². The summed E-state index contributed by atoms with van der Waals surface area (Å²) >= 11 is 0. The topological polar surface area (TPSA) is 101 Å². The molecule has 0 spiro atoms. The average Bonchev–Trinajstić information content (AvgIpc) is 2.51. The molecule has 1 aromatic rings. The fourth-order valence-corrected chi connectivity index (χ4v) is 4.57. The van der Waals surface area contributed by atoms with E-state index in [0.29, 0.717) is 17.7 Å². The Kier molecular flexibility index (Phi) is 9.80. The SMILES string of the molecule is CCC(CC)(CN)NC(=O)CCNS(=O)(=O)c1c(C)cc(C)cc1C.Cl. The van der Waals surface area contributed by atoms with Gasteiger partial charge in [0.25, 0.3) is 0 Å². The van der Waals surface area contributed by atoms with Crippen molar-refractivity contribution in [2.45, 2.75) is 64.3 Å². The molecule has 0 fully saturated rings. The van der Waals surface area contributed by atoms with Gasteiger partial charge in [0.15, 0.2) is 0 Å². The van der Waals surface area contributed by atoms with E-state index in [1.54, 1.807) is 13.8 Å². The number of carbonyl (C=O) groups is 1. The molecule has 26 heavy (non-hydrogen) atoms. The summed E-state index contributed by atoms with van der Waals surface area (Å²) in [4.78, 5) is 12.4. The highest BCUT2D eigenvalue weighted by Crippen LogP contribution is 2.21. The third-order valence-corrected chi connectivity index (χ3v) is 6.43. The lowest BCUT2D eigenvalue weighted by atomic mass is 9.93. The van der Waals surface area contributed by atoms with Crippen molar-refractivity contribution >= 4 is 28.3 Å². The molecule has 6 nitrogen and oxygen atoms in total. The van der Waals surface area contributed by atoms with Gasteiger partial charge >= 0.3 is 0 Å². The monoisotopic (exact) mass is 405 g/mol. The predicted octanol–water partition coefficient (Wildman–Crippen LogP) is 2.34. The van der Waals surface area contributed by atoms with Crippen LogP contribution in [0, 0.1) is 20.8 Å². The van der Waals surface area contributed by atoms with Crippen molar-refractivity contribution in [2.24, 2.45) is 5.73 Å². The number of halogens is 1. The zero-order chi connectivity index (χ0) is 19.3. The number of rotatable bonds is 9. The van der Waals surface area contributed by atoms with Gasteiger partial charge in [-0.25, -0.2) is 13.1 Å². The molecular weight excluding hydrogens is 374 g/mol. The van der Waals surface area contributed by atoms with Gasteiger partial charge in [-0.1, -0.05) is 31.5 Å². The molecule has 0 aliphatic carbocycles. The number of hydrogen-bond acceptors (Lipinski definition) is 4. The molecule has 1 rings (SSSR count). The highest BCUT2D eigenvalue weighted by atomic mass is 35.5. The van der Waals surface area contributed by atoms with Gasteiger partial charge in [0, 0.05) is 19.5 Å². The highest BCUT2D eigenvalue weighted by molar-refractivity contribution is 7.89. The number of amides is 1. The molecule has 0 atom stereocenters. The molecule has 0 bridgehead atoms. The number of aryl methyl sites for hydroxylation is 3. The van der Waals surface area contributed by atoms with Gasteiger partial charge in [0.2, 0.25) is 15.9 Å². The summed E-state index contributed by atoms with van der Waals surface area (Å²) in [6, 6.07) is 3.68. The summed E-state index contributed by atoms with van der Waals surface area (Å²) in [7, 11) is -3.65. The number of benzene rings is 1. The van der Waals surface area contributed by atoms with Crippen molar-refractivity contribution in [1.29, 1.82) is 0 Å². The zero-order valence-corrected chi connectivity index (χ0v) is 17.9. The number of sulfonamides is 1. The number of carbonyl (C=O) groups excluding carboxylic acids is 1. The lowest BCUT2D eigenvalue weighted by Crippen LogP contribution is -2.53. The summed E-state index contributed by atoms with van der Waals surface area (Å²) in [6.07, 6.45) is 1.55. The summed E-state index contributed by atoms with van der Waals surface area (Å²) in [6.45, 7) is 9.84. The second-order valence-electron chi connectivity index (χ2n) is 6.62. The van der Waals surface area contributed by atoms with Crippen LogP contribution in [0.3, 0.4) is 0 Å². The molecule has 0 aliphatic rings. The molecule has 8 heteroatoms. The quantitative estimate of drug-likeness (QED) is 0.586. The van der Waals surface area contributed by atoms with Crippen LogP contribution in [0.2, 0.25) is 0 Å². The average molecular weight is 406 g/mol. The first-order valence-electron chi connectivity index (χ1n) is 8.69. The summed E-state index contributed by atoms with van der Waals surface area (Å²) in [5.74, 6) is -0.200. The summed E-state index contributed by atoms with van der Waals surface area (Å²) in [5, 5.41) is 2.94. The van der Waals surface area contributed by atoms with Crippen LogP contribution in [0.25, 0.3) is 0 Å². The lowest BCUT2D eigenvalue weighted by molar-refractivity contribution is -0.122. The van der Waals surface area contributed by atoms with E-state index in [2.05, 4.69) is 10.0 Å². The summed E-state index contributed by atoms with van der Waals surface area (Å²) in [5.41, 5.74) is 7.78. The Labute approximate surface area is 163 Å². The normalized spacial score (nSPS) is 11.8. The number of hydrogen-bond donors (Lipinski definition) is 3. The van der Waals surface area contributed by atoms with Crippen molar-refractivity contribution in [2.75, 3.05) is 13.1 Å². The van der Waals surface area contributed by atoms with Crippen molar-refractivity contribution in [3.05, 3.63) is 28.8 Å². The largest absolute Gasteiger partial charge is 0.349 e. The van der Waals surface area contributed by atoms with E-state index >= 15 is 0 Å². The molecule has 1 aromatic carbocycles. The van der Waals surface area contributed by atoms with Crippen molar-refractivity contribution in [3.63, 3.8) is 0 Å². The van der Waals surface area contributed by atoms with Gasteiger partial charge in [-0.3, -0.25) is 4.79 Å². The van der Waals surface area contributed by atoms with E-state index in [9.17, 15) is 13.2 Å². The molecule has 0 aliphatic heterocycles. The van der Waals surface area contributed by atoms with Crippen LogP contribution in [-0.4, -0.2) is 33.0 Å². The first kappa shape index (κ1) is 24.8. The van der Waals surface area contributed by atoms with Gasteiger partial charge in [-0.2, -0.15) is 0 Å². The minimum absolute atomic E-state index is 0. The van der Waals surface area contributed by atoms with Gasteiger partial charge in [-0.05, 0) is 44.7 Å². The Morgan fingerprint density at radius 1 is 1.12 bits per heavy atom. The Morgan fingerprint density at radius 3 is 2.04 bits per heavy atom. The Morgan fingerprint density at radius 2 is 1.62 bits per heavy atom. The molecule has 150 valence electrons. The minimum Gasteiger partial charge on any atom is -0.349 e. The molecule has 1 amide bonds. The van der Waals surface area contributed by atoms with Crippen LogP contribution in [0.5, 0.6) is 0 Å². The van der Waals surface area contributed by atoms with Crippen molar-refractivity contribution in [3.8, 4) is 0 Å². The molecule has 0 heterocycles.